The molecule has 0 aliphatic heterocycles. The van der Waals surface area contributed by atoms with Crippen LogP contribution in [0.3, 0.4) is 0 Å². The molecule has 17 heavy (non-hydrogen) atoms. The molecule has 0 amide bonds. The Morgan fingerprint density at radius 3 is 2.76 bits per heavy atom. The number of hydrogen-bond donors (Lipinski definition) is 5. The van der Waals surface area contributed by atoms with Gasteiger partial charge in [0.15, 0.2) is 5.95 Å². The van der Waals surface area contributed by atoms with Gasteiger partial charge in [0.1, 0.15) is 5.03 Å². The lowest BCUT2D eigenvalue weighted by molar-refractivity contribution is -0.472. The largest absolute Gasteiger partial charge is 0.452 e. The van der Waals surface area contributed by atoms with Crippen LogP contribution in [0.25, 0.3) is 5.43 Å². The average Bonchev–Trinajstić information content (AvgIpc) is 2.75. The highest BCUT2D eigenvalue weighted by Crippen LogP contribution is 2.08. The Hall–Kier alpha value is -2.90. The van der Waals surface area contributed by atoms with E-state index in [1.54, 1.807) is 0 Å². The molecule has 0 aromatic carbocycles. The lowest BCUT2D eigenvalue weighted by Crippen LogP contribution is -2.85. The first kappa shape index (κ1) is 14.1. The number of hydrazine groups is 2. The predicted molar refractivity (Wildman–Crippen MR) is 52.0 cm³/mol. The minimum Gasteiger partial charge on any atom is -0.452 e. The maximum absolute atomic E-state index is 9.81. The monoisotopic (exact) mass is 249 g/mol. The number of rotatable bonds is 3. The highest BCUT2D eigenvalue weighted by molar-refractivity contribution is 5.70. The van der Waals surface area contributed by atoms with Crippen LogP contribution >= 0.6 is 0 Å². The van der Waals surface area contributed by atoms with Gasteiger partial charge in [-0.25, -0.2) is 20.6 Å². The van der Waals surface area contributed by atoms with Crippen LogP contribution in [0.15, 0.2) is 0 Å². The molecule has 0 saturated heterocycles. The first-order valence-electron chi connectivity index (χ1n) is 3.79. The molecule has 96 valence electrons. The van der Waals surface area contributed by atoms with E-state index in [0.717, 1.165) is 4.85 Å². The standard InChI is InChI=1S/C2H3N6O3.CH7N5/c1-11-7-2(3-5-6-7)4-8(9)10;2-1(5-3)6-4/h1H3;3-4H2,(H3,2,5,6)/q-1;/p+1. The fraction of sp³-hybridized carbons (Fsp3) is 0.333. The summed E-state index contributed by atoms with van der Waals surface area (Å²) in [6.45, 7) is 0. The summed E-state index contributed by atoms with van der Waals surface area (Å²) >= 11 is 0. The first-order chi connectivity index (χ1) is 8.04. The number of nitrogens with zero attached hydrogens (tertiary/aromatic N) is 6. The lowest BCUT2D eigenvalue weighted by atomic mass is 11.1. The molecule has 0 unspecified atom stereocenters. The summed E-state index contributed by atoms with van der Waals surface area (Å²) in [6.07, 6.45) is 0. The van der Waals surface area contributed by atoms with E-state index in [2.05, 4.69) is 36.3 Å². The van der Waals surface area contributed by atoms with E-state index in [4.69, 9.17) is 17.4 Å². The van der Waals surface area contributed by atoms with Gasteiger partial charge in [0.2, 0.25) is 0 Å². The van der Waals surface area contributed by atoms with Gasteiger partial charge in [0.05, 0.1) is 7.11 Å². The molecular formula is C3H11N11O3. The summed E-state index contributed by atoms with van der Waals surface area (Å²) in [7, 11) is 1.26. The van der Waals surface area contributed by atoms with Crippen molar-refractivity contribution in [1.82, 2.24) is 25.8 Å². The van der Waals surface area contributed by atoms with Gasteiger partial charge in [-0.05, 0) is 0 Å². The van der Waals surface area contributed by atoms with E-state index < -0.39 is 5.03 Å². The molecule has 14 heteroatoms. The summed E-state index contributed by atoms with van der Waals surface area (Å²) < 4.78 is 0. The van der Waals surface area contributed by atoms with Gasteiger partial charge in [-0.3, -0.25) is 11.6 Å². The second-order valence-corrected chi connectivity index (χ2v) is 2.07. The number of hydrogen-bond acceptors (Lipinski definition) is 8. The van der Waals surface area contributed by atoms with Crippen LogP contribution in [0.4, 0.5) is 5.95 Å². The molecule has 0 atom stereocenters. The Bertz CT molecular complexity index is 372. The van der Waals surface area contributed by atoms with Gasteiger partial charge in [-0.15, -0.1) is 10.1 Å². The molecule has 0 aliphatic rings. The van der Waals surface area contributed by atoms with E-state index >= 15 is 0 Å². The van der Waals surface area contributed by atoms with Gasteiger partial charge >= 0.3 is 5.96 Å². The summed E-state index contributed by atoms with van der Waals surface area (Å²) in [6, 6.07) is 0. The third-order valence-corrected chi connectivity index (χ3v) is 1.08. The van der Waals surface area contributed by atoms with Crippen molar-refractivity contribution in [2.24, 2.45) is 17.4 Å². The van der Waals surface area contributed by atoms with Gasteiger partial charge < -0.3 is 4.84 Å². The number of aromatic nitrogens is 4. The summed E-state index contributed by atoms with van der Waals surface area (Å²) in [5.74, 6) is 9.30. The fourth-order valence-corrected chi connectivity index (χ4v) is 0.466. The van der Waals surface area contributed by atoms with Gasteiger partial charge in [-0.1, -0.05) is 10.6 Å². The zero-order chi connectivity index (χ0) is 13.3. The van der Waals surface area contributed by atoms with E-state index in [1.807, 2.05) is 0 Å². The first-order valence-corrected chi connectivity index (χ1v) is 3.79. The molecule has 0 radical (unpaired) electrons. The maximum Gasteiger partial charge on any atom is 0.379 e. The van der Waals surface area contributed by atoms with Gasteiger partial charge in [0, 0.05) is 0 Å². The van der Waals surface area contributed by atoms with Crippen LogP contribution in [-0.4, -0.2) is 38.5 Å². The zero-order valence-electron chi connectivity index (χ0n) is 8.64. The van der Waals surface area contributed by atoms with Crippen molar-refractivity contribution in [2.45, 2.75) is 0 Å². The van der Waals surface area contributed by atoms with E-state index in [0.29, 0.717) is 0 Å². The normalized spacial score (nSPS) is 9.88. The van der Waals surface area contributed by atoms with Gasteiger partial charge in [0.25, 0.3) is 0 Å². The van der Waals surface area contributed by atoms with Crippen LogP contribution in [-0.2, 0) is 0 Å². The smallest absolute Gasteiger partial charge is 0.379 e. The molecular weight excluding hydrogens is 238 g/mol. The maximum atomic E-state index is 9.81. The molecule has 1 rings (SSSR count). The van der Waals surface area contributed by atoms with Crippen LogP contribution < -0.4 is 32.8 Å². The molecule has 0 bridgehead atoms. The Balaban J connectivity index is 0.000000366. The molecule has 8 N–H and O–H groups in total. The van der Waals surface area contributed by atoms with Gasteiger partial charge in [-0.2, -0.15) is 10.9 Å². The highest BCUT2D eigenvalue weighted by Gasteiger charge is 1.99. The van der Waals surface area contributed by atoms with Crippen molar-refractivity contribution < 1.29 is 15.0 Å². The summed E-state index contributed by atoms with van der Waals surface area (Å²) in [5.41, 5.74) is 9.80. The lowest BCUT2D eigenvalue weighted by Gasteiger charge is -2.04. The van der Waals surface area contributed by atoms with Crippen molar-refractivity contribution in [3.63, 3.8) is 0 Å². The van der Waals surface area contributed by atoms with Crippen LogP contribution in [0.2, 0.25) is 0 Å². The summed E-state index contributed by atoms with van der Waals surface area (Å²) in [5, 5.41) is 20.5. The Morgan fingerprint density at radius 1 is 1.76 bits per heavy atom. The molecule has 0 fully saturated rings. The van der Waals surface area contributed by atoms with Crippen molar-refractivity contribution >= 4 is 11.9 Å². The quantitative estimate of drug-likeness (QED) is 0.113. The van der Waals surface area contributed by atoms with E-state index in [9.17, 15) is 10.1 Å². The minimum absolute atomic E-state index is 0.148. The average molecular weight is 249 g/mol. The van der Waals surface area contributed by atoms with Crippen molar-refractivity contribution in [3.8, 4) is 0 Å². The fourth-order valence-electron chi connectivity index (χ4n) is 0.466. The molecule has 1 aromatic rings. The van der Waals surface area contributed by atoms with Crippen molar-refractivity contribution in [1.29, 1.82) is 0 Å². The third kappa shape index (κ3) is 5.52. The summed E-state index contributed by atoms with van der Waals surface area (Å²) in [4.78, 5) is 15.0. The molecule has 1 aromatic heterocycles. The molecule has 0 saturated carbocycles. The SMILES string of the molecule is COn1nnnc1[N-][N+](=O)[O-].NN/C(N)=[NH+]/N. The number of tetrazole rings is 1. The minimum atomic E-state index is -0.915. The van der Waals surface area contributed by atoms with Crippen molar-refractivity contribution in [2.75, 3.05) is 7.11 Å². The number of nitrogens with two attached hydrogens (primary N) is 3. The van der Waals surface area contributed by atoms with E-state index in [-0.39, 0.29) is 11.9 Å². The number of hydrazone groups is 1. The predicted octanol–water partition coefficient (Wildman–Crippen LogP) is -5.35. The second kappa shape index (κ2) is 7.40. The third-order valence-electron chi connectivity index (χ3n) is 1.08. The number of guanidine groups is 1. The van der Waals surface area contributed by atoms with Crippen molar-refractivity contribution in [3.05, 3.63) is 15.5 Å². The highest BCUT2D eigenvalue weighted by atomic mass is 16.7. The Labute approximate surface area is 93.8 Å². The molecule has 0 aliphatic carbocycles. The number of nitro groups is 1. The second-order valence-electron chi connectivity index (χ2n) is 2.07. The topological polar surface area (TPSA) is 214 Å². The van der Waals surface area contributed by atoms with Crippen LogP contribution in [0.5, 0.6) is 0 Å². The van der Waals surface area contributed by atoms with Crippen LogP contribution in [0.1, 0.15) is 0 Å². The Morgan fingerprint density at radius 2 is 2.41 bits per heavy atom. The molecule has 0 spiro atoms. The van der Waals surface area contributed by atoms with E-state index in [1.165, 1.54) is 7.11 Å². The molecule has 14 nitrogen and oxygen atoms in total. The van der Waals surface area contributed by atoms with Crippen LogP contribution in [0, 0.1) is 10.1 Å². The zero-order valence-corrected chi connectivity index (χ0v) is 8.64. The Kier molecular flexibility index (Phi) is 6.14. The number of nitrogens with one attached hydrogen (secondary N) is 2. The molecule has 1 heterocycles.